The number of rotatable bonds is 3. The van der Waals surface area contributed by atoms with Gasteiger partial charge in [0.25, 0.3) is 0 Å². The van der Waals surface area contributed by atoms with Crippen molar-refractivity contribution in [1.82, 2.24) is 4.98 Å². The molecule has 0 spiro atoms. The van der Waals surface area contributed by atoms with Crippen molar-refractivity contribution in [1.29, 1.82) is 5.26 Å². The van der Waals surface area contributed by atoms with E-state index in [1.165, 1.54) is 0 Å². The van der Waals surface area contributed by atoms with Crippen molar-refractivity contribution in [2.45, 2.75) is 13.8 Å². The molecule has 0 aliphatic carbocycles. The summed E-state index contributed by atoms with van der Waals surface area (Å²) in [6, 6.07) is 20.4. The third-order valence-corrected chi connectivity index (χ3v) is 3.83. The molecule has 1 N–H and O–H groups in total. The molecule has 1 heterocycles. The predicted octanol–water partition coefficient (Wildman–Crippen LogP) is 4.85. The van der Waals surface area contributed by atoms with E-state index in [-0.39, 0.29) is 0 Å². The van der Waals surface area contributed by atoms with E-state index in [9.17, 15) is 10.1 Å². The number of aryl methyl sites for hydroxylation is 2. The Morgan fingerprint density at radius 3 is 2.42 bits per heavy atom. The Balaban J connectivity index is 1.91. The Labute approximate surface area is 151 Å². The maximum Gasteiger partial charge on any atom is 0.417 e. The lowest BCUT2D eigenvalue weighted by Crippen LogP contribution is -2.18. The van der Waals surface area contributed by atoms with Crippen molar-refractivity contribution in [3.8, 4) is 23.1 Å². The topological polar surface area (TPSA) is 75.0 Å². The normalized spacial score (nSPS) is 10.0. The third-order valence-electron chi connectivity index (χ3n) is 3.83. The zero-order chi connectivity index (χ0) is 18.5. The van der Waals surface area contributed by atoms with Crippen LogP contribution in [0.3, 0.4) is 0 Å². The summed E-state index contributed by atoms with van der Waals surface area (Å²) in [5.74, 6) is 0.452. The predicted molar refractivity (Wildman–Crippen MR) is 100.0 cm³/mol. The molecule has 0 aliphatic heterocycles. The van der Waals surface area contributed by atoms with E-state index < -0.39 is 6.09 Å². The summed E-state index contributed by atoms with van der Waals surface area (Å²) in [6.45, 7) is 3.73. The molecular formula is C21H17N3O2. The van der Waals surface area contributed by atoms with Gasteiger partial charge < -0.3 is 4.74 Å². The molecule has 0 unspecified atom stereocenters. The molecule has 3 aromatic rings. The maximum absolute atomic E-state index is 12.3. The highest BCUT2D eigenvalue weighted by molar-refractivity contribution is 5.91. The smallest absolute Gasteiger partial charge is 0.410 e. The molecule has 0 fully saturated rings. The number of nitrogens with one attached hydrogen (secondary N) is 1. The number of carbonyl (C=O) groups excluding carboxylic acids is 1. The minimum absolute atomic E-state index is 0.321. The second-order valence-electron chi connectivity index (χ2n) is 5.86. The standard InChI is InChI=1S/C21H17N3O2/c1-14-8-10-17(11-9-14)26-21(25)24-18-12-15(2)19(13-22)23-20(18)16-6-4-3-5-7-16/h3-12H,1-2H3,(H,24,25). The molecule has 3 rings (SSSR count). The van der Waals surface area contributed by atoms with E-state index in [4.69, 9.17) is 4.74 Å². The number of nitriles is 1. The van der Waals surface area contributed by atoms with Crippen molar-refractivity contribution >= 4 is 11.8 Å². The summed E-state index contributed by atoms with van der Waals surface area (Å²) in [7, 11) is 0. The van der Waals surface area contributed by atoms with Crippen LogP contribution in [-0.4, -0.2) is 11.1 Å². The molecule has 0 aliphatic rings. The summed E-state index contributed by atoms with van der Waals surface area (Å²) in [6.07, 6.45) is -0.614. The number of amides is 1. The van der Waals surface area contributed by atoms with E-state index in [1.54, 1.807) is 25.1 Å². The van der Waals surface area contributed by atoms with Crippen molar-refractivity contribution in [2.75, 3.05) is 5.32 Å². The van der Waals surface area contributed by atoms with Gasteiger partial charge in [0, 0.05) is 5.56 Å². The number of anilines is 1. The molecule has 0 radical (unpaired) electrons. The monoisotopic (exact) mass is 343 g/mol. The lowest BCUT2D eigenvalue weighted by Gasteiger charge is -2.13. The summed E-state index contributed by atoms with van der Waals surface area (Å²) >= 11 is 0. The fourth-order valence-corrected chi connectivity index (χ4v) is 2.49. The van der Waals surface area contributed by atoms with Crippen LogP contribution in [0.1, 0.15) is 16.8 Å². The molecule has 0 bridgehead atoms. The lowest BCUT2D eigenvalue weighted by atomic mass is 10.1. The first-order valence-electron chi connectivity index (χ1n) is 8.09. The highest BCUT2D eigenvalue weighted by Crippen LogP contribution is 2.28. The summed E-state index contributed by atoms with van der Waals surface area (Å²) < 4.78 is 5.32. The number of hydrogen-bond donors (Lipinski definition) is 1. The number of ether oxygens (including phenoxy) is 1. The van der Waals surface area contributed by atoms with Gasteiger partial charge in [-0.25, -0.2) is 9.78 Å². The number of hydrogen-bond acceptors (Lipinski definition) is 4. The Morgan fingerprint density at radius 2 is 1.77 bits per heavy atom. The van der Waals surface area contributed by atoms with Crippen molar-refractivity contribution in [2.24, 2.45) is 0 Å². The van der Waals surface area contributed by atoms with Crippen LogP contribution in [-0.2, 0) is 0 Å². The van der Waals surface area contributed by atoms with Gasteiger partial charge in [-0.05, 0) is 37.6 Å². The van der Waals surface area contributed by atoms with Crippen LogP contribution in [0.5, 0.6) is 5.75 Å². The quantitative estimate of drug-likeness (QED) is 0.738. The van der Waals surface area contributed by atoms with Crippen molar-refractivity contribution in [3.05, 3.63) is 77.5 Å². The summed E-state index contributed by atoms with van der Waals surface area (Å²) in [5.41, 5.74) is 3.89. The van der Waals surface area contributed by atoms with Crippen LogP contribution in [0, 0.1) is 25.2 Å². The highest BCUT2D eigenvalue weighted by atomic mass is 16.6. The fourth-order valence-electron chi connectivity index (χ4n) is 2.49. The molecule has 0 atom stereocenters. The minimum atomic E-state index is -0.614. The van der Waals surface area contributed by atoms with Crippen molar-refractivity contribution < 1.29 is 9.53 Å². The Morgan fingerprint density at radius 1 is 1.08 bits per heavy atom. The van der Waals surface area contributed by atoms with Crippen LogP contribution in [0.4, 0.5) is 10.5 Å². The van der Waals surface area contributed by atoms with E-state index in [0.29, 0.717) is 28.4 Å². The van der Waals surface area contributed by atoms with Gasteiger partial charge in [-0.2, -0.15) is 5.26 Å². The van der Waals surface area contributed by atoms with Gasteiger partial charge in [0.15, 0.2) is 0 Å². The van der Waals surface area contributed by atoms with Gasteiger partial charge >= 0.3 is 6.09 Å². The maximum atomic E-state index is 12.3. The Kier molecular flexibility index (Phi) is 4.95. The molecule has 128 valence electrons. The Hall–Kier alpha value is -3.65. The van der Waals surface area contributed by atoms with E-state index in [0.717, 1.165) is 11.1 Å². The SMILES string of the molecule is Cc1ccc(OC(=O)Nc2cc(C)c(C#N)nc2-c2ccccc2)cc1. The largest absolute Gasteiger partial charge is 0.417 e. The first kappa shape index (κ1) is 17.2. The molecule has 0 saturated carbocycles. The van der Waals surface area contributed by atoms with Gasteiger partial charge in [0.1, 0.15) is 17.5 Å². The summed E-state index contributed by atoms with van der Waals surface area (Å²) in [5, 5.41) is 12.0. The first-order chi connectivity index (χ1) is 12.6. The zero-order valence-corrected chi connectivity index (χ0v) is 14.5. The number of pyridine rings is 1. The molecular weight excluding hydrogens is 326 g/mol. The van der Waals surface area contributed by atoms with Crippen LogP contribution < -0.4 is 10.1 Å². The molecule has 2 aromatic carbocycles. The van der Waals surface area contributed by atoms with Crippen LogP contribution in [0.25, 0.3) is 11.3 Å². The minimum Gasteiger partial charge on any atom is -0.410 e. The first-order valence-corrected chi connectivity index (χ1v) is 8.09. The van der Waals surface area contributed by atoms with Crippen molar-refractivity contribution in [3.63, 3.8) is 0 Å². The molecule has 0 saturated heterocycles. The number of benzene rings is 2. The number of nitrogens with zero attached hydrogens (tertiary/aromatic N) is 2. The lowest BCUT2D eigenvalue weighted by molar-refractivity contribution is 0.215. The molecule has 5 nitrogen and oxygen atoms in total. The van der Waals surface area contributed by atoms with E-state index in [2.05, 4.69) is 16.4 Å². The second kappa shape index (κ2) is 7.49. The van der Waals surface area contributed by atoms with E-state index in [1.807, 2.05) is 49.4 Å². The van der Waals surface area contributed by atoms with E-state index >= 15 is 0 Å². The second-order valence-corrected chi connectivity index (χ2v) is 5.86. The average molecular weight is 343 g/mol. The number of carbonyl (C=O) groups is 1. The van der Waals surface area contributed by atoms with Gasteiger partial charge in [-0.15, -0.1) is 0 Å². The fraction of sp³-hybridized carbons (Fsp3) is 0.0952. The average Bonchev–Trinajstić information content (AvgIpc) is 2.64. The molecule has 26 heavy (non-hydrogen) atoms. The molecule has 5 heteroatoms. The Bertz CT molecular complexity index is 975. The number of aromatic nitrogens is 1. The highest BCUT2D eigenvalue weighted by Gasteiger charge is 2.14. The van der Waals surface area contributed by atoms with Gasteiger partial charge in [0.2, 0.25) is 0 Å². The summed E-state index contributed by atoms with van der Waals surface area (Å²) in [4.78, 5) is 16.7. The zero-order valence-electron chi connectivity index (χ0n) is 14.5. The third kappa shape index (κ3) is 3.87. The van der Waals surface area contributed by atoms with Gasteiger partial charge in [0.05, 0.1) is 11.4 Å². The molecule has 1 amide bonds. The van der Waals surface area contributed by atoms with Crippen LogP contribution in [0.2, 0.25) is 0 Å². The molecule has 1 aromatic heterocycles. The van der Waals surface area contributed by atoms with Gasteiger partial charge in [-0.1, -0.05) is 48.0 Å². The van der Waals surface area contributed by atoms with Gasteiger partial charge in [-0.3, -0.25) is 5.32 Å². The van der Waals surface area contributed by atoms with Crippen LogP contribution in [0.15, 0.2) is 60.7 Å². The van der Waals surface area contributed by atoms with Crippen LogP contribution >= 0.6 is 0 Å².